The summed E-state index contributed by atoms with van der Waals surface area (Å²) in [6.45, 7) is 3.43. The number of allylic oxidation sites excluding steroid dienone is 1. The molecule has 3 nitrogen and oxygen atoms in total. The molecule has 0 saturated carbocycles. The summed E-state index contributed by atoms with van der Waals surface area (Å²) in [5.41, 5.74) is 0.215. The number of fused-ring (bicyclic) bond motifs is 3. The Morgan fingerprint density at radius 1 is 1.23 bits per heavy atom. The van der Waals surface area contributed by atoms with Crippen LogP contribution in [-0.2, 0) is 4.79 Å². The fraction of sp³-hybridized carbons (Fsp3) is 0.700. The van der Waals surface area contributed by atoms with E-state index < -0.39 is 5.97 Å². The first-order chi connectivity index (χ1) is 6.20. The highest BCUT2D eigenvalue weighted by atomic mass is 16.4. The third-order valence-corrected chi connectivity index (χ3v) is 3.36. The molecule has 1 N–H and O–H groups in total. The van der Waals surface area contributed by atoms with Gasteiger partial charge < -0.3 is 10.0 Å². The van der Waals surface area contributed by atoms with Crippen molar-refractivity contribution in [2.75, 3.05) is 19.6 Å². The number of nitrogens with zero attached hydrogens (tertiary/aromatic N) is 1. The summed E-state index contributed by atoms with van der Waals surface area (Å²) in [6, 6.07) is 0. The lowest BCUT2D eigenvalue weighted by Gasteiger charge is -2.46. The van der Waals surface area contributed by atoms with Crippen LogP contribution in [0.2, 0.25) is 0 Å². The van der Waals surface area contributed by atoms with Crippen LogP contribution in [0.5, 0.6) is 0 Å². The van der Waals surface area contributed by atoms with E-state index in [1.54, 1.807) is 0 Å². The van der Waals surface area contributed by atoms with Gasteiger partial charge in [0.1, 0.15) is 0 Å². The van der Waals surface area contributed by atoms with Crippen molar-refractivity contribution >= 4 is 5.97 Å². The molecule has 3 saturated heterocycles. The van der Waals surface area contributed by atoms with Gasteiger partial charge in [-0.2, -0.15) is 0 Å². The summed E-state index contributed by atoms with van der Waals surface area (Å²) in [6.07, 6.45) is 6.65. The smallest absolute Gasteiger partial charge is 0.327 e. The normalized spacial score (nSPS) is 38.3. The molecule has 0 amide bonds. The van der Waals surface area contributed by atoms with Crippen LogP contribution in [0.25, 0.3) is 0 Å². The second-order valence-corrected chi connectivity index (χ2v) is 4.13. The summed E-state index contributed by atoms with van der Waals surface area (Å²) in [5.74, 6) is -0.817. The predicted molar refractivity (Wildman–Crippen MR) is 49.5 cm³/mol. The van der Waals surface area contributed by atoms with E-state index in [0.717, 1.165) is 38.9 Å². The van der Waals surface area contributed by atoms with Crippen LogP contribution in [0.1, 0.15) is 19.3 Å². The number of hydrogen-bond donors (Lipinski definition) is 1. The fourth-order valence-corrected chi connectivity index (χ4v) is 2.35. The molecule has 0 aromatic rings. The van der Waals surface area contributed by atoms with Gasteiger partial charge in [0.25, 0.3) is 0 Å². The number of rotatable bonds is 2. The highest BCUT2D eigenvalue weighted by Crippen LogP contribution is 2.41. The molecule has 3 heterocycles. The maximum Gasteiger partial charge on any atom is 0.327 e. The number of carboxylic acid groups (broad SMARTS) is 1. The van der Waals surface area contributed by atoms with E-state index in [2.05, 4.69) is 4.90 Å². The van der Waals surface area contributed by atoms with Gasteiger partial charge in [0.05, 0.1) is 0 Å². The van der Waals surface area contributed by atoms with Gasteiger partial charge in [0, 0.05) is 6.08 Å². The van der Waals surface area contributed by atoms with Crippen LogP contribution in [0, 0.1) is 5.41 Å². The molecule has 0 radical (unpaired) electrons. The molecule has 3 fully saturated rings. The molecule has 0 atom stereocenters. The van der Waals surface area contributed by atoms with E-state index >= 15 is 0 Å². The second-order valence-electron chi connectivity index (χ2n) is 4.13. The zero-order chi connectivity index (χ0) is 9.31. The Labute approximate surface area is 78.0 Å². The Morgan fingerprint density at radius 3 is 2.23 bits per heavy atom. The molecular weight excluding hydrogens is 166 g/mol. The average Bonchev–Trinajstić information content (AvgIpc) is 2.18. The Hall–Kier alpha value is -0.830. The first-order valence-corrected chi connectivity index (χ1v) is 4.85. The van der Waals surface area contributed by atoms with Crippen molar-refractivity contribution in [3.8, 4) is 0 Å². The molecular formula is C10H15NO2. The van der Waals surface area contributed by atoms with Crippen molar-refractivity contribution in [2.45, 2.75) is 19.3 Å². The predicted octanol–water partition coefficient (Wildman–Crippen LogP) is 1.11. The minimum atomic E-state index is -0.817. The largest absolute Gasteiger partial charge is 0.478 e. The molecule has 2 bridgehead atoms. The quantitative estimate of drug-likeness (QED) is 0.649. The minimum Gasteiger partial charge on any atom is -0.478 e. The van der Waals surface area contributed by atoms with Crippen LogP contribution in [0.4, 0.5) is 0 Å². The van der Waals surface area contributed by atoms with E-state index in [-0.39, 0.29) is 5.41 Å². The van der Waals surface area contributed by atoms with Gasteiger partial charge in [0.2, 0.25) is 0 Å². The number of carbonyl (C=O) groups is 1. The summed E-state index contributed by atoms with van der Waals surface area (Å²) in [5, 5.41) is 8.57. The molecule has 0 aromatic carbocycles. The van der Waals surface area contributed by atoms with Gasteiger partial charge in [-0.15, -0.1) is 0 Å². The zero-order valence-electron chi connectivity index (χ0n) is 7.70. The maximum absolute atomic E-state index is 10.4. The van der Waals surface area contributed by atoms with Crippen LogP contribution < -0.4 is 0 Å². The third-order valence-electron chi connectivity index (χ3n) is 3.36. The van der Waals surface area contributed by atoms with Gasteiger partial charge >= 0.3 is 5.97 Å². The third kappa shape index (κ3) is 1.75. The molecule has 3 heteroatoms. The maximum atomic E-state index is 10.4. The first kappa shape index (κ1) is 8.75. The lowest BCUT2D eigenvalue weighted by atomic mass is 9.72. The van der Waals surface area contributed by atoms with E-state index in [9.17, 15) is 4.79 Å². The number of hydrogen-bond acceptors (Lipinski definition) is 2. The standard InChI is InChI=1S/C10H15NO2/c12-9(13)1-2-10-3-6-11(7-4-10)8-5-10/h1-2H,3-8H2,(H,12,13)/b2-1+. The Morgan fingerprint density at radius 2 is 1.77 bits per heavy atom. The first-order valence-electron chi connectivity index (χ1n) is 4.85. The van der Waals surface area contributed by atoms with Crippen molar-refractivity contribution in [3.05, 3.63) is 12.2 Å². The lowest BCUT2D eigenvalue weighted by Crippen LogP contribution is -2.47. The molecule has 0 unspecified atom stereocenters. The molecule has 0 aliphatic carbocycles. The molecule has 0 spiro atoms. The molecule has 72 valence electrons. The monoisotopic (exact) mass is 181 g/mol. The fourth-order valence-electron chi connectivity index (χ4n) is 2.35. The van der Waals surface area contributed by atoms with Crippen LogP contribution in [0.3, 0.4) is 0 Å². The SMILES string of the molecule is O=C(O)/C=C/C12CCN(CC1)CC2. The van der Waals surface area contributed by atoms with Crippen molar-refractivity contribution in [2.24, 2.45) is 5.41 Å². The topological polar surface area (TPSA) is 40.5 Å². The summed E-state index contributed by atoms with van der Waals surface area (Å²) in [4.78, 5) is 12.9. The highest BCUT2D eigenvalue weighted by molar-refractivity contribution is 5.79. The van der Waals surface area contributed by atoms with Crippen LogP contribution in [0.15, 0.2) is 12.2 Å². The van der Waals surface area contributed by atoms with Gasteiger partial charge in [-0.1, -0.05) is 6.08 Å². The minimum absolute atomic E-state index is 0.215. The van der Waals surface area contributed by atoms with E-state index in [1.165, 1.54) is 6.08 Å². The van der Waals surface area contributed by atoms with Gasteiger partial charge in [-0.05, 0) is 44.3 Å². The molecule has 3 rings (SSSR count). The molecule has 3 aliphatic rings. The van der Waals surface area contributed by atoms with Gasteiger partial charge in [-0.3, -0.25) is 0 Å². The Kier molecular flexibility index (Phi) is 2.12. The van der Waals surface area contributed by atoms with Crippen LogP contribution >= 0.6 is 0 Å². The van der Waals surface area contributed by atoms with Crippen molar-refractivity contribution in [1.82, 2.24) is 4.90 Å². The summed E-state index contributed by atoms with van der Waals surface area (Å²) in [7, 11) is 0. The molecule has 13 heavy (non-hydrogen) atoms. The lowest BCUT2D eigenvalue weighted by molar-refractivity contribution is -0.131. The summed E-state index contributed by atoms with van der Waals surface area (Å²) >= 11 is 0. The molecule has 3 aliphatic heterocycles. The van der Waals surface area contributed by atoms with Crippen molar-refractivity contribution in [3.63, 3.8) is 0 Å². The average molecular weight is 181 g/mol. The van der Waals surface area contributed by atoms with E-state index in [0.29, 0.717) is 0 Å². The van der Waals surface area contributed by atoms with Crippen LogP contribution in [-0.4, -0.2) is 35.6 Å². The van der Waals surface area contributed by atoms with Crippen molar-refractivity contribution < 1.29 is 9.90 Å². The number of aliphatic carboxylic acids is 1. The summed E-state index contributed by atoms with van der Waals surface area (Å²) < 4.78 is 0. The highest BCUT2D eigenvalue weighted by Gasteiger charge is 2.37. The van der Waals surface area contributed by atoms with E-state index in [4.69, 9.17) is 5.11 Å². The van der Waals surface area contributed by atoms with E-state index in [1.807, 2.05) is 6.08 Å². The van der Waals surface area contributed by atoms with Gasteiger partial charge in [-0.25, -0.2) is 4.79 Å². The zero-order valence-corrected chi connectivity index (χ0v) is 7.70. The van der Waals surface area contributed by atoms with Crippen molar-refractivity contribution in [1.29, 1.82) is 0 Å². The number of carboxylic acids is 1. The molecule has 0 aromatic heterocycles. The second kappa shape index (κ2) is 3.14. The Balaban J connectivity index is 2.06. The Bertz CT molecular complexity index is 226. The number of piperidine rings is 3. The van der Waals surface area contributed by atoms with Gasteiger partial charge in [0.15, 0.2) is 0 Å².